The van der Waals surface area contributed by atoms with E-state index in [1.54, 1.807) is 31.5 Å². The maximum Gasteiger partial charge on any atom is 0.339 e. The van der Waals surface area contributed by atoms with E-state index < -0.39 is 5.97 Å². The van der Waals surface area contributed by atoms with Crippen LogP contribution in [-0.4, -0.2) is 39.0 Å². The Morgan fingerprint density at radius 1 is 1.00 bits per heavy atom. The van der Waals surface area contributed by atoms with Gasteiger partial charge in [0, 0.05) is 23.5 Å². The van der Waals surface area contributed by atoms with E-state index in [9.17, 15) is 14.7 Å². The van der Waals surface area contributed by atoms with E-state index in [2.05, 4.69) is 20.3 Å². The number of aromatic carboxylic acids is 1. The zero-order chi connectivity index (χ0) is 20.3. The molecule has 2 heterocycles. The van der Waals surface area contributed by atoms with Crippen LogP contribution in [-0.2, 0) is 0 Å². The summed E-state index contributed by atoms with van der Waals surface area (Å²) in [5.41, 5.74) is 3.05. The van der Waals surface area contributed by atoms with Crippen LogP contribution < -0.4 is 10.1 Å². The van der Waals surface area contributed by atoms with Crippen molar-refractivity contribution in [2.24, 2.45) is 0 Å². The zero-order valence-corrected chi connectivity index (χ0v) is 15.6. The Bertz CT molecular complexity index is 1050. The lowest BCUT2D eigenvalue weighted by Crippen LogP contribution is -2.14. The first kappa shape index (κ1) is 19.0. The second-order valence-electron chi connectivity index (χ2n) is 6.08. The minimum atomic E-state index is -1.09. The van der Waals surface area contributed by atoms with E-state index in [0.29, 0.717) is 16.8 Å². The van der Waals surface area contributed by atoms with Crippen molar-refractivity contribution in [3.05, 3.63) is 65.2 Å². The van der Waals surface area contributed by atoms with Crippen molar-refractivity contribution >= 4 is 17.7 Å². The van der Waals surface area contributed by atoms with Crippen LogP contribution in [0.3, 0.4) is 0 Å². The first-order valence-corrected chi connectivity index (χ1v) is 8.37. The van der Waals surface area contributed by atoms with Gasteiger partial charge in [0.2, 0.25) is 0 Å². The van der Waals surface area contributed by atoms with Gasteiger partial charge >= 0.3 is 5.97 Å². The number of anilines is 1. The van der Waals surface area contributed by atoms with Crippen LogP contribution in [0.1, 0.15) is 31.8 Å². The Hall–Kier alpha value is -3.81. The number of methoxy groups -OCH3 is 1. The third kappa shape index (κ3) is 3.66. The van der Waals surface area contributed by atoms with Crippen LogP contribution in [0.4, 0.5) is 5.82 Å². The van der Waals surface area contributed by atoms with E-state index in [4.69, 9.17) is 4.74 Å². The molecule has 0 aliphatic heterocycles. The molecule has 3 aromatic rings. The SMILES string of the molecule is COc1c(C(=O)O)ccc(C)c1-c1cnc(NC(=O)c2ccncc2C)cn1. The van der Waals surface area contributed by atoms with Gasteiger partial charge in [-0.1, -0.05) is 6.07 Å². The van der Waals surface area contributed by atoms with E-state index in [1.807, 2.05) is 6.92 Å². The molecule has 28 heavy (non-hydrogen) atoms. The molecule has 0 aliphatic carbocycles. The average Bonchev–Trinajstić information content (AvgIpc) is 2.68. The first-order chi connectivity index (χ1) is 13.4. The molecule has 0 bridgehead atoms. The van der Waals surface area contributed by atoms with Crippen LogP contribution >= 0.6 is 0 Å². The van der Waals surface area contributed by atoms with Crippen LogP contribution in [0.5, 0.6) is 5.75 Å². The summed E-state index contributed by atoms with van der Waals surface area (Å²) in [5.74, 6) is -0.923. The van der Waals surface area contributed by atoms with E-state index >= 15 is 0 Å². The van der Waals surface area contributed by atoms with Crippen molar-refractivity contribution in [2.75, 3.05) is 12.4 Å². The van der Waals surface area contributed by atoms with Crippen molar-refractivity contribution in [2.45, 2.75) is 13.8 Å². The number of carboxylic acids is 1. The summed E-state index contributed by atoms with van der Waals surface area (Å²) in [6, 6.07) is 4.79. The van der Waals surface area contributed by atoms with Gasteiger partial charge in [-0.05, 0) is 37.1 Å². The molecule has 0 atom stereocenters. The van der Waals surface area contributed by atoms with Crippen LogP contribution in [0.2, 0.25) is 0 Å². The molecular formula is C20H18N4O4. The maximum absolute atomic E-state index is 12.4. The molecule has 8 nitrogen and oxygen atoms in total. The second-order valence-corrected chi connectivity index (χ2v) is 6.08. The molecule has 1 aromatic carbocycles. The molecule has 0 aliphatic rings. The molecular weight excluding hydrogens is 360 g/mol. The number of carbonyl (C=O) groups is 2. The number of benzene rings is 1. The number of aromatic nitrogens is 3. The Morgan fingerprint density at radius 2 is 1.79 bits per heavy atom. The lowest BCUT2D eigenvalue weighted by molar-refractivity contribution is 0.0693. The summed E-state index contributed by atoms with van der Waals surface area (Å²) in [6.45, 7) is 3.62. The molecule has 2 aromatic heterocycles. The molecule has 142 valence electrons. The molecule has 0 radical (unpaired) electrons. The van der Waals surface area contributed by atoms with E-state index in [-0.39, 0.29) is 23.0 Å². The Morgan fingerprint density at radius 3 is 2.39 bits per heavy atom. The largest absolute Gasteiger partial charge is 0.495 e. The van der Waals surface area contributed by atoms with Gasteiger partial charge in [-0.15, -0.1) is 0 Å². The zero-order valence-electron chi connectivity index (χ0n) is 15.6. The summed E-state index contributed by atoms with van der Waals surface area (Å²) >= 11 is 0. The second kappa shape index (κ2) is 7.83. The number of carbonyl (C=O) groups excluding carboxylic acids is 1. The van der Waals surface area contributed by atoms with Gasteiger partial charge in [-0.25, -0.2) is 9.78 Å². The lowest BCUT2D eigenvalue weighted by Gasteiger charge is -2.14. The predicted molar refractivity (Wildman–Crippen MR) is 103 cm³/mol. The number of nitrogens with zero attached hydrogens (tertiary/aromatic N) is 3. The van der Waals surface area contributed by atoms with Gasteiger partial charge in [0.1, 0.15) is 11.3 Å². The monoisotopic (exact) mass is 378 g/mol. The van der Waals surface area contributed by atoms with Crippen molar-refractivity contribution in [1.29, 1.82) is 0 Å². The highest BCUT2D eigenvalue weighted by atomic mass is 16.5. The third-order valence-corrected chi connectivity index (χ3v) is 4.22. The standard InChI is InChI=1S/C20H18N4O4/c1-11-4-5-14(20(26)27)18(28-3)17(11)15-9-23-16(10-22-15)24-19(25)13-6-7-21-8-12(13)2/h4-10H,1-3H3,(H,26,27)(H,23,24,25). The Kier molecular flexibility index (Phi) is 5.30. The molecule has 0 fully saturated rings. The number of hydrogen-bond donors (Lipinski definition) is 2. The smallest absolute Gasteiger partial charge is 0.339 e. The van der Waals surface area contributed by atoms with Gasteiger partial charge in [-0.3, -0.25) is 14.8 Å². The van der Waals surface area contributed by atoms with Crippen molar-refractivity contribution in [3.8, 4) is 17.0 Å². The first-order valence-electron chi connectivity index (χ1n) is 8.37. The summed E-state index contributed by atoms with van der Waals surface area (Å²) < 4.78 is 5.31. The van der Waals surface area contributed by atoms with Gasteiger partial charge in [0.05, 0.1) is 25.2 Å². The molecule has 0 saturated carbocycles. The number of ether oxygens (including phenoxy) is 1. The topological polar surface area (TPSA) is 114 Å². The molecule has 0 saturated heterocycles. The lowest BCUT2D eigenvalue weighted by atomic mass is 10.0. The van der Waals surface area contributed by atoms with Gasteiger partial charge in [0.15, 0.2) is 5.82 Å². The molecule has 0 unspecified atom stereocenters. The Labute approximate surface area is 161 Å². The molecule has 0 spiro atoms. The number of nitrogens with one attached hydrogen (secondary N) is 1. The van der Waals surface area contributed by atoms with Gasteiger partial charge in [-0.2, -0.15) is 0 Å². The van der Waals surface area contributed by atoms with Gasteiger partial charge < -0.3 is 15.2 Å². The van der Waals surface area contributed by atoms with Crippen LogP contribution in [0.15, 0.2) is 43.0 Å². The number of aryl methyl sites for hydroxylation is 2. The molecule has 3 rings (SSSR count). The average molecular weight is 378 g/mol. The molecule has 2 N–H and O–H groups in total. The van der Waals surface area contributed by atoms with Crippen LogP contribution in [0.25, 0.3) is 11.3 Å². The quantitative estimate of drug-likeness (QED) is 0.701. The highest BCUT2D eigenvalue weighted by Gasteiger charge is 2.19. The molecule has 1 amide bonds. The fourth-order valence-corrected chi connectivity index (χ4v) is 2.81. The van der Waals surface area contributed by atoms with Crippen molar-refractivity contribution in [1.82, 2.24) is 15.0 Å². The highest BCUT2D eigenvalue weighted by Crippen LogP contribution is 2.35. The number of rotatable bonds is 5. The normalized spacial score (nSPS) is 10.4. The van der Waals surface area contributed by atoms with Crippen molar-refractivity contribution in [3.63, 3.8) is 0 Å². The maximum atomic E-state index is 12.4. The highest BCUT2D eigenvalue weighted by molar-refractivity contribution is 6.04. The van der Waals surface area contributed by atoms with E-state index in [1.165, 1.54) is 25.6 Å². The summed E-state index contributed by atoms with van der Waals surface area (Å²) in [4.78, 5) is 36.3. The molecule has 8 heteroatoms. The summed E-state index contributed by atoms with van der Waals surface area (Å²) in [7, 11) is 1.41. The summed E-state index contributed by atoms with van der Waals surface area (Å²) in [5, 5.41) is 12.0. The minimum absolute atomic E-state index is 0.0374. The fraction of sp³-hybridized carbons (Fsp3) is 0.150. The number of hydrogen-bond acceptors (Lipinski definition) is 6. The van der Waals surface area contributed by atoms with Crippen molar-refractivity contribution < 1.29 is 19.4 Å². The van der Waals surface area contributed by atoms with Gasteiger partial charge in [0.25, 0.3) is 5.91 Å². The number of amides is 1. The third-order valence-electron chi connectivity index (χ3n) is 4.22. The number of carboxylic acid groups (broad SMARTS) is 1. The van der Waals surface area contributed by atoms with Crippen LogP contribution in [0, 0.1) is 13.8 Å². The fourth-order valence-electron chi connectivity index (χ4n) is 2.81. The summed E-state index contributed by atoms with van der Waals surface area (Å²) in [6.07, 6.45) is 6.02. The predicted octanol–water partition coefficient (Wildman–Crippen LogP) is 3.11. The Balaban J connectivity index is 1.92. The minimum Gasteiger partial charge on any atom is -0.495 e. The van der Waals surface area contributed by atoms with E-state index in [0.717, 1.165) is 11.1 Å². The number of pyridine rings is 1.